The molecule has 0 bridgehead atoms. The van der Waals surface area contributed by atoms with Crippen LogP contribution in [-0.4, -0.2) is 19.3 Å². The summed E-state index contributed by atoms with van der Waals surface area (Å²) in [6.07, 6.45) is 2.53. The molecule has 0 saturated carbocycles. The number of carbonyl (C=O) groups excluding carboxylic acids is 1. The molecule has 0 spiro atoms. The third-order valence-electron chi connectivity index (χ3n) is 4.22. The maximum atomic E-state index is 12.4. The number of nitrogens with one attached hydrogen (secondary N) is 2. The zero-order valence-corrected chi connectivity index (χ0v) is 16.2. The van der Waals surface area contributed by atoms with Crippen molar-refractivity contribution in [3.63, 3.8) is 0 Å². The average Bonchev–Trinajstić information content (AvgIpc) is 2.74. The molecule has 0 fully saturated rings. The van der Waals surface area contributed by atoms with Crippen LogP contribution in [-0.2, 0) is 23.0 Å². The monoisotopic (exact) mass is 395 g/mol. The van der Waals surface area contributed by atoms with Crippen molar-refractivity contribution in [2.75, 3.05) is 5.32 Å². The summed E-state index contributed by atoms with van der Waals surface area (Å²) in [5.74, 6) is -0.297. The number of sulfonamides is 1. The number of benzene rings is 2. The third-order valence-corrected chi connectivity index (χ3v) is 5.63. The second-order valence-corrected chi connectivity index (χ2v) is 7.94. The van der Waals surface area contributed by atoms with Gasteiger partial charge in [0.25, 0.3) is 5.91 Å². The molecule has 1 heterocycles. The topological polar surface area (TPSA) is 88.2 Å². The van der Waals surface area contributed by atoms with Crippen LogP contribution in [0.4, 0.5) is 5.69 Å². The lowest BCUT2D eigenvalue weighted by atomic mass is 10.1. The van der Waals surface area contributed by atoms with Gasteiger partial charge in [-0.3, -0.25) is 9.78 Å². The van der Waals surface area contributed by atoms with E-state index in [1.165, 1.54) is 29.8 Å². The van der Waals surface area contributed by atoms with Gasteiger partial charge in [0.15, 0.2) is 0 Å². The van der Waals surface area contributed by atoms with E-state index in [4.69, 9.17) is 0 Å². The zero-order chi connectivity index (χ0) is 20.0. The second kappa shape index (κ2) is 8.77. The van der Waals surface area contributed by atoms with Gasteiger partial charge < -0.3 is 5.32 Å². The minimum Gasteiger partial charge on any atom is -0.322 e. The fourth-order valence-electron chi connectivity index (χ4n) is 2.57. The Morgan fingerprint density at radius 2 is 1.68 bits per heavy atom. The highest BCUT2D eigenvalue weighted by molar-refractivity contribution is 7.89. The van der Waals surface area contributed by atoms with Gasteiger partial charge in [-0.25, -0.2) is 13.1 Å². The first kappa shape index (κ1) is 19.7. The number of hydrogen-bond donors (Lipinski definition) is 2. The second-order valence-electron chi connectivity index (χ2n) is 6.17. The fourth-order valence-corrected chi connectivity index (χ4v) is 3.57. The predicted molar refractivity (Wildman–Crippen MR) is 108 cm³/mol. The van der Waals surface area contributed by atoms with Crippen LogP contribution in [0.3, 0.4) is 0 Å². The number of anilines is 1. The van der Waals surface area contributed by atoms with E-state index in [-0.39, 0.29) is 17.3 Å². The highest BCUT2D eigenvalue weighted by atomic mass is 32.2. The van der Waals surface area contributed by atoms with Crippen molar-refractivity contribution in [3.05, 3.63) is 89.7 Å². The van der Waals surface area contributed by atoms with E-state index in [9.17, 15) is 13.2 Å². The molecule has 0 atom stereocenters. The fraction of sp³-hybridized carbons (Fsp3) is 0.143. The van der Waals surface area contributed by atoms with Crippen LogP contribution < -0.4 is 10.0 Å². The van der Waals surface area contributed by atoms with Crippen LogP contribution in [0, 0.1) is 0 Å². The standard InChI is InChI=1S/C21H21N3O3S/c1-2-16-6-10-18(11-7-16)24-21(25)17-8-12-20(13-9-17)28(26,27)23-15-19-5-3-4-14-22-19/h3-14,23H,2,15H2,1H3,(H,24,25). The van der Waals surface area contributed by atoms with Gasteiger partial charge in [0.05, 0.1) is 17.1 Å². The SMILES string of the molecule is CCc1ccc(NC(=O)c2ccc(S(=O)(=O)NCc3ccccn3)cc2)cc1. The zero-order valence-electron chi connectivity index (χ0n) is 15.4. The van der Waals surface area contributed by atoms with E-state index >= 15 is 0 Å². The van der Waals surface area contributed by atoms with Crippen molar-refractivity contribution in [1.29, 1.82) is 0 Å². The van der Waals surface area contributed by atoms with E-state index in [2.05, 4.69) is 21.9 Å². The van der Waals surface area contributed by atoms with Crippen molar-refractivity contribution in [2.24, 2.45) is 0 Å². The third kappa shape index (κ3) is 5.03. The van der Waals surface area contributed by atoms with E-state index in [1.54, 1.807) is 24.4 Å². The van der Waals surface area contributed by atoms with Crippen LogP contribution in [0.1, 0.15) is 28.5 Å². The summed E-state index contributed by atoms with van der Waals surface area (Å²) in [7, 11) is -3.69. The van der Waals surface area contributed by atoms with Gasteiger partial charge in [-0.1, -0.05) is 25.1 Å². The van der Waals surface area contributed by atoms with Gasteiger partial charge in [0, 0.05) is 17.4 Å². The molecule has 28 heavy (non-hydrogen) atoms. The number of hydrogen-bond acceptors (Lipinski definition) is 4. The van der Waals surface area contributed by atoms with Crippen LogP contribution in [0.5, 0.6) is 0 Å². The van der Waals surface area contributed by atoms with E-state index in [0.717, 1.165) is 6.42 Å². The first-order valence-corrected chi connectivity index (χ1v) is 10.4. The van der Waals surface area contributed by atoms with E-state index in [1.807, 2.05) is 24.3 Å². The lowest BCUT2D eigenvalue weighted by Crippen LogP contribution is -2.23. The summed E-state index contributed by atoms with van der Waals surface area (Å²) in [5, 5.41) is 2.80. The number of pyridine rings is 1. The molecule has 0 aliphatic carbocycles. The Balaban J connectivity index is 1.65. The average molecular weight is 395 g/mol. The summed E-state index contributed by atoms with van der Waals surface area (Å²) in [6, 6.07) is 18.7. The number of carbonyl (C=O) groups is 1. The Hall–Kier alpha value is -3.03. The summed E-state index contributed by atoms with van der Waals surface area (Å²) in [4.78, 5) is 16.5. The summed E-state index contributed by atoms with van der Waals surface area (Å²) in [5.41, 5.74) is 2.88. The Labute approximate surface area is 164 Å². The molecule has 2 aromatic carbocycles. The molecule has 0 aliphatic rings. The van der Waals surface area contributed by atoms with E-state index in [0.29, 0.717) is 16.9 Å². The van der Waals surface area contributed by atoms with Crippen molar-refractivity contribution in [3.8, 4) is 0 Å². The molecular formula is C21H21N3O3S. The maximum absolute atomic E-state index is 12.4. The minimum absolute atomic E-state index is 0.0901. The molecule has 0 unspecified atom stereocenters. The van der Waals surface area contributed by atoms with Gasteiger partial charge in [-0.15, -0.1) is 0 Å². The number of aryl methyl sites for hydroxylation is 1. The molecule has 3 aromatic rings. The molecule has 6 nitrogen and oxygen atoms in total. The number of nitrogens with zero attached hydrogens (tertiary/aromatic N) is 1. The number of amides is 1. The van der Waals surface area contributed by atoms with Crippen LogP contribution >= 0.6 is 0 Å². The lowest BCUT2D eigenvalue weighted by Gasteiger charge is -2.08. The molecule has 2 N–H and O–H groups in total. The first-order valence-electron chi connectivity index (χ1n) is 8.88. The Bertz CT molecular complexity index is 1030. The van der Waals surface area contributed by atoms with Crippen molar-refractivity contribution < 1.29 is 13.2 Å². The Morgan fingerprint density at radius 3 is 2.29 bits per heavy atom. The number of rotatable bonds is 7. The molecule has 7 heteroatoms. The van der Waals surface area contributed by atoms with Gasteiger partial charge >= 0.3 is 0 Å². The van der Waals surface area contributed by atoms with Crippen molar-refractivity contribution in [1.82, 2.24) is 9.71 Å². The predicted octanol–water partition coefficient (Wildman–Crippen LogP) is 3.37. The van der Waals surface area contributed by atoms with E-state index < -0.39 is 10.0 Å². The van der Waals surface area contributed by atoms with Crippen molar-refractivity contribution >= 4 is 21.6 Å². The molecule has 144 valence electrons. The molecule has 0 saturated heterocycles. The first-order chi connectivity index (χ1) is 13.5. The quantitative estimate of drug-likeness (QED) is 0.642. The molecule has 1 amide bonds. The van der Waals surface area contributed by atoms with Crippen molar-refractivity contribution in [2.45, 2.75) is 24.8 Å². The normalized spacial score (nSPS) is 11.2. The van der Waals surface area contributed by atoms with Crippen LogP contribution in [0.2, 0.25) is 0 Å². The molecule has 1 aromatic heterocycles. The van der Waals surface area contributed by atoms with Crippen LogP contribution in [0.15, 0.2) is 77.8 Å². The largest absolute Gasteiger partial charge is 0.322 e. The van der Waals surface area contributed by atoms with Gasteiger partial charge in [-0.05, 0) is 60.5 Å². The molecule has 0 aliphatic heterocycles. The summed E-state index contributed by atoms with van der Waals surface area (Å²) < 4.78 is 27.3. The molecule has 3 rings (SSSR count). The minimum atomic E-state index is -3.69. The van der Waals surface area contributed by atoms with Gasteiger partial charge in [0.1, 0.15) is 0 Å². The smallest absolute Gasteiger partial charge is 0.255 e. The molecular weight excluding hydrogens is 374 g/mol. The number of aromatic nitrogens is 1. The van der Waals surface area contributed by atoms with Crippen LogP contribution in [0.25, 0.3) is 0 Å². The Kier molecular flexibility index (Phi) is 6.18. The Morgan fingerprint density at radius 1 is 0.964 bits per heavy atom. The maximum Gasteiger partial charge on any atom is 0.255 e. The van der Waals surface area contributed by atoms with Gasteiger partial charge in [0.2, 0.25) is 10.0 Å². The highest BCUT2D eigenvalue weighted by Gasteiger charge is 2.15. The summed E-state index contributed by atoms with van der Waals surface area (Å²) >= 11 is 0. The molecule has 0 radical (unpaired) electrons. The lowest BCUT2D eigenvalue weighted by molar-refractivity contribution is 0.102. The summed E-state index contributed by atoms with van der Waals surface area (Å²) in [6.45, 7) is 2.16. The van der Waals surface area contributed by atoms with Gasteiger partial charge in [-0.2, -0.15) is 0 Å². The highest BCUT2D eigenvalue weighted by Crippen LogP contribution is 2.14.